The highest BCUT2D eigenvalue weighted by molar-refractivity contribution is 5.81. The maximum Gasteiger partial charge on any atom is 0.172 e. The van der Waals surface area contributed by atoms with E-state index < -0.39 is 0 Å². The van der Waals surface area contributed by atoms with Crippen molar-refractivity contribution < 1.29 is 14.3 Å². The second-order valence-corrected chi connectivity index (χ2v) is 4.50. The number of carbonyl (C=O) groups excluding carboxylic acids is 1. The van der Waals surface area contributed by atoms with Gasteiger partial charge in [-0.05, 0) is 31.5 Å². The van der Waals surface area contributed by atoms with E-state index >= 15 is 0 Å². The van der Waals surface area contributed by atoms with Crippen LogP contribution in [0.15, 0.2) is 42.5 Å². The van der Waals surface area contributed by atoms with Gasteiger partial charge in [0.1, 0.15) is 6.61 Å². The van der Waals surface area contributed by atoms with Crippen molar-refractivity contribution in [1.82, 2.24) is 0 Å². The lowest BCUT2D eigenvalue weighted by molar-refractivity contribution is 0.111. The smallest absolute Gasteiger partial charge is 0.172 e. The molecule has 0 aliphatic carbocycles. The molecular weight excluding hydrogens is 252 g/mol. The second-order valence-electron chi connectivity index (χ2n) is 4.50. The fourth-order valence-electron chi connectivity index (χ4n) is 2.01. The molecule has 0 radical (unpaired) electrons. The van der Waals surface area contributed by atoms with Crippen LogP contribution >= 0.6 is 0 Å². The van der Waals surface area contributed by atoms with Gasteiger partial charge in [-0.15, -0.1) is 0 Å². The quantitative estimate of drug-likeness (QED) is 0.749. The molecule has 0 amide bonds. The molecule has 0 bridgehead atoms. The summed E-state index contributed by atoms with van der Waals surface area (Å²) in [5.74, 6) is 1.11. The van der Waals surface area contributed by atoms with E-state index in [1.165, 1.54) is 5.56 Å². The van der Waals surface area contributed by atoms with Crippen molar-refractivity contribution in [1.29, 1.82) is 0 Å². The van der Waals surface area contributed by atoms with Gasteiger partial charge in [0, 0.05) is 0 Å². The molecule has 2 rings (SSSR count). The van der Waals surface area contributed by atoms with Gasteiger partial charge >= 0.3 is 0 Å². The lowest BCUT2D eigenvalue weighted by Gasteiger charge is -2.13. The van der Waals surface area contributed by atoms with Gasteiger partial charge in [-0.2, -0.15) is 0 Å². The maximum absolute atomic E-state index is 11.1. The van der Waals surface area contributed by atoms with E-state index in [0.29, 0.717) is 30.3 Å². The predicted octanol–water partition coefficient (Wildman–Crippen LogP) is 3.79. The summed E-state index contributed by atoms with van der Waals surface area (Å²) in [7, 11) is 0. The Kier molecular flexibility index (Phi) is 4.77. The minimum Gasteiger partial charge on any atom is -0.490 e. The van der Waals surface area contributed by atoms with Crippen LogP contribution in [0.4, 0.5) is 0 Å². The number of para-hydroxylation sites is 1. The normalized spacial score (nSPS) is 10.1. The molecule has 0 saturated carbocycles. The first-order valence-electron chi connectivity index (χ1n) is 6.64. The van der Waals surface area contributed by atoms with Crippen LogP contribution in [0.1, 0.15) is 28.4 Å². The highest BCUT2D eigenvalue weighted by atomic mass is 16.5. The fourth-order valence-corrected chi connectivity index (χ4v) is 2.01. The summed E-state index contributed by atoms with van der Waals surface area (Å²) < 4.78 is 11.3. The SMILES string of the molecule is CCOc1cccc(C=O)c1OCc1cccc(C)c1. The molecule has 3 heteroatoms. The van der Waals surface area contributed by atoms with Gasteiger partial charge in [-0.1, -0.05) is 35.9 Å². The van der Waals surface area contributed by atoms with Gasteiger partial charge in [0.05, 0.1) is 12.2 Å². The second kappa shape index (κ2) is 6.75. The number of aldehydes is 1. The Morgan fingerprint density at radius 1 is 1.10 bits per heavy atom. The average molecular weight is 270 g/mol. The molecule has 2 aromatic carbocycles. The molecule has 2 aromatic rings. The standard InChI is InChI=1S/C17H18O3/c1-3-19-16-9-5-8-15(11-18)17(16)20-12-14-7-4-6-13(2)10-14/h4-11H,3,12H2,1-2H3. The minimum absolute atomic E-state index is 0.409. The maximum atomic E-state index is 11.1. The monoisotopic (exact) mass is 270 g/mol. The molecule has 3 nitrogen and oxygen atoms in total. The largest absolute Gasteiger partial charge is 0.490 e. The zero-order valence-electron chi connectivity index (χ0n) is 11.8. The number of aryl methyl sites for hydroxylation is 1. The molecule has 0 spiro atoms. The van der Waals surface area contributed by atoms with Gasteiger partial charge in [-0.25, -0.2) is 0 Å². The third-order valence-electron chi connectivity index (χ3n) is 2.90. The molecule has 0 aliphatic heterocycles. The Hall–Kier alpha value is -2.29. The molecule has 20 heavy (non-hydrogen) atoms. The average Bonchev–Trinajstić information content (AvgIpc) is 2.46. The highest BCUT2D eigenvalue weighted by Gasteiger charge is 2.10. The Morgan fingerprint density at radius 3 is 2.60 bits per heavy atom. The number of hydrogen-bond acceptors (Lipinski definition) is 3. The first-order chi connectivity index (χ1) is 9.74. The summed E-state index contributed by atoms with van der Waals surface area (Å²) in [4.78, 5) is 11.1. The minimum atomic E-state index is 0.409. The molecule has 104 valence electrons. The van der Waals surface area contributed by atoms with Crippen LogP contribution in [0.25, 0.3) is 0 Å². The Bertz CT molecular complexity index is 591. The summed E-state index contributed by atoms with van der Waals surface area (Å²) in [6.45, 7) is 4.88. The van der Waals surface area contributed by atoms with Gasteiger partial charge in [-0.3, -0.25) is 4.79 Å². The number of carbonyl (C=O) groups is 1. The predicted molar refractivity (Wildman–Crippen MR) is 78.5 cm³/mol. The van der Waals surface area contributed by atoms with Crippen LogP contribution in [-0.2, 0) is 6.61 Å². The summed E-state index contributed by atoms with van der Waals surface area (Å²) >= 11 is 0. The van der Waals surface area contributed by atoms with Gasteiger partial charge < -0.3 is 9.47 Å². The van der Waals surface area contributed by atoms with Crippen molar-refractivity contribution in [2.45, 2.75) is 20.5 Å². The number of rotatable bonds is 6. The van der Waals surface area contributed by atoms with E-state index in [1.54, 1.807) is 12.1 Å². The van der Waals surface area contributed by atoms with Crippen molar-refractivity contribution >= 4 is 6.29 Å². The Morgan fingerprint density at radius 2 is 1.90 bits per heavy atom. The first kappa shape index (κ1) is 14.1. The van der Waals surface area contributed by atoms with Gasteiger partial charge in [0.15, 0.2) is 17.8 Å². The highest BCUT2D eigenvalue weighted by Crippen LogP contribution is 2.31. The molecule has 0 saturated heterocycles. The van der Waals surface area contributed by atoms with Crippen molar-refractivity contribution in [3.05, 3.63) is 59.2 Å². The lowest BCUT2D eigenvalue weighted by Crippen LogP contribution is -2.02. The van der Waals surface area contributed by atoms with Crippen LogP contribution in [0, 0.1) is 6.92 Å². The summed E-state index contributed by atoms with van der Waals surface area (Å²) in [6, 6.07) is 13.4. The first-order valence-corrected chi connectivity index (χ1v) is 6.64. The summed E-state index contributed by atoms with van der Waals surface area (Å²) in [5, 5.41) is 0. The van der Waals surface area contributed by atoms with Crippen LogP contribution < -0.4 is 9.47 Å². The van der Waals surface area contributed by atoms with E-state index in [1.807, 2.05) is 38.1 Å². The molecule has 0 heterocycles. The molecular formula is C17H18O3. The molecule has 0 unspecified atom stereocenters. The van der Waals surface area contributed by atoms with E-state index in [0.717, 1.165) is 11.8 Å². The van der Waals surface area contributed by atoms with E-state index in [9.17, 15) is 4.79 Å². The van der Waals surface area contributed by atoms with E-state index in [4.69, 9.17) is 9.47 Å². The number of benzene rings is 2. The van der Waals surface area contributed by atoms with Gasteiger partial charge in [0.2, 0.25) is 0 Å². The van der Waals surface area contributed by atoms with Crippen molar-refractivity contribution in [3.8, 4) is 11.5 Å². The van der Waals surface area contributed by atoms with Crippen LogP contribution in [-0.4, -0.2) is 12.9 Å². The molecule has 0 atom stereocenters. The Balaban J connectivity index is 2.21. The van der Waals surface area contributed by atoms with E-state index in [-0.39, 0.29) is 0 Å². The van der Waals surface area contributed by atoms with Crippen molar-refractivity contribution in [3.63, 3.8) is 0 Å². The molecule has 0 aliphatic rings. The molecule has 0 N–H and O–H groups in total. The summed E-state index contributed by atoms with van der Waals surface area (Å²) in [5.41, 5.74) is 2.75. The zero-order chi connectivity index (χ0) is 14.4. The third-order valence-corrected chi connectivity index (χ3v) is 2.90. The number of ether oxygens (including phenoxy) is 2. The Labute approximate surface area is 119 Å². The van der Waals surface area contributed by atoms with Crippen LogP contribution in [0.5, 0.6) is 11.5 Å². The van der Waals surface area contributed by atoms with Gasteiger partial charge in [0.25, 0.3) is 0 Å². The van der Waals surface area contributed by atoms with Crippen LogP contribution in [0.2, 0.25) is 0 Å². The third kappa shape index (κ3) is 3.38. The fraction of sp³-hybridized carbons (Fsp3) is 0.235. The molecule has 0 aromatic heterocycles. The van der Waals surface area contributed by atoms with Crippen LogP contribution in [0.3, 0.4) is 0 Å². The molecule has 0 fully saturated rings. The number of hydrogen-bond donors (Lipinski definition) is 0. The van der Waals surface area contributed by atoms with E-state index in [2.05, 4.69) is 6.07 Å². The summed E-state index contributed by atoms with van der Waals surface area (Å²) in [6.07, 6.45) is 0.786. The van der Waals surface area contributed by atoms with Crippen molar-refractivity contribution in [2.75, 3.05) is 6.61 Å². The van der Waals surface area contributed by atoms with Crippen molar-refractivity contribution in [2.24, 2.45) is 0 Å². The zero-order valence-corrected chi connectivity index (χ0v) is 11.8. The lowest BCUT2D eigenvalue weighted by atomic mass is 10.1. The topological polar surface area (TPSA) is 35.5 Å².